The minimum absolute atomic E-state index is 0.131. The van der Waals surface area contributed by atoms with Gasteiger partial charge in [-0.3, -0.25) is 4.79 Å². The van der Waals surface area contributed by atoms with Crippen LogP contribution in [0.3, 0.4) is 0 Å². The molecule has 4 rings (SSSR count). The molecule has 1 aliphatic heterocycles. The summed E-state index contributed by atoms with van der Waals surface area (Å²) in [6.45, 7) is 1.79. The van der Waals surface area contributed by atoms with Crippen LogP contribution in [0.4, 0.5) is 0 Å². The second-order valence-corrected chi connectivity index (χ2v) is 8.62. The number of fused-ring (bicyclic) bond motifs is 1. The number of nitrogens with one attached hydrogen (secondary N) is 1. The third-order valence-electron chi connectivity index (χ3n) is 4.78. The maximum Gasteiger partial charge on any atom is 0.243 e. The zero-order chi connectivity index (χ0) is 19.6. The highest BCUT2D eigenvalue weighted by Crippen LogP contribution is 2.23. The molecule has 1 saturated heterocycles. The van der Waals surface area contributed by atoms with Gasteiger partial charge in [0.25, 0.3) is 0 Å². The van der Waals surface area contributed by atoms with Crippen molar-refractivity contribution in [2.45, 2.75) is 37.2 Å². The molecule has 1 aromatic carbocycles. The Morgan fingerprint density at radius 1 is 1.21 bits per heavy atom. The van der Waals surface area contributed by atoms with Gasteiger partial charge in [0.05, 0.1) is 29.8 Å². The van der Waals surface area contributed by atoms with Crippen molar-refractivity contribution in [2.75, 3.05) is 13.1 Å². The van der Waals surface area contributed by atoms with Crippen molar-refractivity contribution in [3.05, 3.63) is 42.4 Å². The van der Waals surface area contributed by atoms with Gasteiger partial charge in [0.15, 0.2) is 0 Å². The number of carbonyl (C=O) groups is 1. The zero-order valence-electron chi connectivity index (χ0n) is 15.2. The standard InChI is InChI=1S/C18H21N5O4S/c24-18(19-13-14-4-3-11-27-14)7-10-23-17-6-5-15(12-16(17)20-21-23)28(25,26)22-8-1-2-9-22/h3-6,11-12H,1-2,7-10,13H2,(H,19,24). The smallest absolute Gasteiger partial charge is 0.243 e. The molecule has 2 aromatic heterocycles. The lowest BCUT2D eigenvalue weighted by Crippen LogP contribution is -2.27. The van der Waals surface area contributed by atoms with Crippen LogP contribution < -0.4 is 5.32 Å². The van der Waals surface area contributed by atoms with E-state index >= 15 is 0 Å². The molecular formula is C18H21N5O4S. The molecule has 0 bridgehead atoms. The average molecular weight is 403 g/mol. The summed E-state index contributed by atoms with van der Waals surface area (Å²) in [5, 5.41) is 10.9. The van der Waals surface area contributed by atoms with Crippen LogP contribution in [0, 0.1) is 0 Å². The van der Waals surface area contributed by atoms with E-state index in [2.05, 4.69) is 15.6 Å². The quantitative estimate of drug-likeness (QED) is 0.640. The number of benzene rings is 1. The molecule has 1 fully saturated rings. The first kappa shape index (κ1) is 18.6. The molecule has 3 aromatic rings. The molecule has 1 N–H and O–H groups in total. The highest BCUT2D eigenvalue weighted by Gasteiger charge is 2.27. The summed E-state index contributed by atoms with van der Waals surface area (Å²) in [4.78, 5) is 12.2. The molecule has 0 unspecified atom stereocenters. The molecule has 0 saturated carbocycles. The van der Waals surface area contributed by atoms with Crippen LogP contribution in [0.15, 0.2) is 45.9 Å². The average Bonchev–Trinajstić information content (AvgIpc) is 3.46. The van der Waals surface area contributed by atoms with Gasteiger partial charge in [-0.1, -0.05) is 5.21 Å². The van der Waals surface area contributed by atoms with Crippen molar-refractivity contribution in [1.29, 1.82) is 0 Å². The molecule has 9 nitrogen and oxygen atoms in total. The molecule has 10 heteroatoms. The maximum absolute atomic E-state index is 12.7. The summed E-state index contributed by atoms with van der Waals surface area (Å²) in [6.07, 6.45) is 3.56. The van der Waals surface area contributed by atoms with E-state index in [0.29, 0.717) is 43.0 Å². The van der Waals surface area contributed by atoms with Crippen molar-refractivity contribution in [2.24, 2.45) is 0 Å². The normalized spacial score (nSPS) is 15.3. The van der Waals surface area contributed by atoms with Crippen LogP contribution >= 0.6 is 0 Å². The van der Waals surface area contributed by atoms with Crippen molar-refractivity contribution < 1.29 is 17.6 Å². The molecule has 148 valence electrons. The van der Waals surface area contributed by atoms with Crippen LogP contribution in [-0.4, -0.2) is 46.7 Å². The molecule has 0 radical (unpaired) electrons. The second kappa shape index (κ2) is 7.72. The SMILES string of the molecule is O=C(CCn1nnc2cc(S(=O)(=O)N3CCCC3)ccc21)NCc1ccco1. The fourth-order valence-electron chi connectivity index (χ4n) is 3.25. The second-order valence-electron chi connectivity index (χ2n) is 6.68. The predicted molar refractivity (Wildman–Crippen MR) is 101 cm³/mol. The highest BCUT2D eigenvalue weighted by molar-refractivity contribution is 7.89. The minimum atomic E-state index is -3.49. The van der Waals surface area contributed by atoms with Crippen molar-refractivity contribution >= 4 is 27.0 Å². The van der Waals surface area contributed by atoms with Crippen LogP contribution in [0.2, 0.25) is 0 Å². The molecule has 28 heavy (non-hydrogen) atoms. The van der Waals surface area contributed by atoms with Crippen molar-refractivity contribution in [3.8, 4) is 0 Å². The maximum atomic E-state index is 12.7. The number of furan rings is 1. The van der Waals surface area contributed by atoms with E-state index in [-0.39, 0.29) is 17.2 Å². The predicted octanol–water partition coefficient (Wildman–Crippen LogP) is 1.52. The van der Waals surface area contributed by atoms with Gasteiger partial charge in [-0.15, -0.1) is 5.10 Å². The van der Waals surface area contributed by atoms with E-state index in [4.69, 9.17) is 4.42 Å². The van der Waals surface area contributed by atoms with Gasteiger partial charge in [0, 0.05) is 19.5 Å². The molecule has 0 spiro atoms. The van der Waals surface area contributed by atoms with Crippen LogP contribution in [0.5, 0.6) is 0 Å². The van der Waals surface area contributed by atoms with Gasteiger partial charge in [0.1, 0.15) is 11.3 Å². The lowest BCUT2D eigenvalue weighted by molar-refractivity contribution is -0.121. The number of sulfonamides is 1. The molecule has 3 heterocycles. The van der Waals surface area contributed by atoms with E-state index in [1.807, 2.05) is 0 Å². The largest absolute Gasteiger partial charge is 0.467 e. The summed E-state index contributed by atoms with van der Waals surface area (Å²) >= 11 is 0. The first-order valence-corrected chi connectivity index (χ1v) is 10.6. The number of aromatic nitrogens is 3. The first-order valence-electron chi connectivity index (χ1n) is 9.16. The van der Waals surface area contributed by atoms with Gasteiger partial charge in [-0.2, -0.15) is 4.31 Å². The minimum Gasteiger partial charge on any atom is -0.467 e. The molecule has 0 aliphatic carbocycles. The Hall–Kier alpha value is -2.72. The zero-order valence-corrected chi connectivity index (χ0v) is 16.1. The lowest BCUT2D eigenvalue weighted by Gasteiger charge is -2.15. The lowest BCUT2D eigenvalue weighted by atomic mass is 10.3. The summed E-state index contributed by atoms with van der Waals surface area (Å²) in [5.41, 5.74) is 1.19. The van der Waals surface area contributed by atoms with Gasteiger partial charge >= 0.3 is 0 Å². The Morgan fingerprint density at radius 2 is 2.04 bits per heavy atom. The first-order chi connectivity index (χ1) is 13.5. The number of amides is 1. The molecule has 0 atom stereocenters. The van der Waals surface area contributed by atoms with E-state index in [9.17, 15) is 13.2 Å². The van der Waals surface area contributed by atoms with E-state index in [1.165, 1.54) is 4.31 Å². The number of rotatable bonds is 7. The van der Waals surface area contributed by atoms with Crippen molar-refractivity contribution in [3.63, 3.8) is 0 Å². The Balaban J connectivity index is 1.42. The van der Waals surface area contributed by atoms with E-state index in [0.717, 1.165) is 12.8 Å². The summed E-state index contributed by atoms with van der Waals surface area (Å²) < 4.78 is 33.6. The van der Waals surface area contributed by atoms with Gasteiger partial charge in [0.2, 0.25) is 15.9 Å². The van der Waals surface area contributed by atoms with Crippen LogP contribution in [0.25, 0.3) is 11.0 Å². The Bertz CT molecular complexity index is 1070. The third kappa shape index (κ3) is 3.78. The molecule has 1 aliphatic rings. The monoisotopic (exact) mass is 403 g/mol. The highest BCUT2D eigenvalue weighted by atomic mass is 32.2. The van der Waals surface area contributed by atoms with Crippen molar-refractivity contribution in [1.82, 2.24) is 24.6 Å². The van der Waals surface area contributed by atoms with E-state index < -0.39 is 10.0 Å². The number of aryl methyl sites for hydroxylation is 1. The fourth-order valence-corrected chi connectivity index (χ4v) is 4.79. The summed E-state index contributed by atoms with van der Waals surface area (Å²) in [6, 6.07) is 8.37. The van der Waals surface area contributed by atoms with Crippen LogP contribution in [-0.2, 0) is 27.9 Å². The van der Waals surface area contributed by atoms with Crippen LogP contribution in [0.1, 0.15) is 25.0 Å². The number of carbonyl (C=O) groups excluding carboxylic acids is 1. The summed E-state index contributed by atoms with van der Waals surface area (Å²) in [5.74, 6) is 0.555. The van der Waals surface area contributed by atoms with Gasteiger partial charge in [-0.25, -0.2) is 13.1 Å². The van der Waals surface area contributed by atoms with E-state index in [1.54, 1.807) is 41.3 Å². The summed E-state index contributed by atoms with van der Waals surface area (Å²) in [7, 11) is -3.49. The fraction of sp³-hybridized carbons (Fsp3) is 0.389. The molecule has 1 amide bonds. The number of hydrogen-bond donors (Lipinski definition) is 1. The molecular weight excluding hydrogens is 382 g/mol. The Kier molecular flexibility index (Phi) is 5.14. The Labute approximate surface area is 162 Å². The third-order valence-corrected chi connectivity index (χ3v) is 6.67. The number of nitrogens with zero attached hydrogens (tertiary/aromatic N) is 4. The number of hydrogen-bond acceptors (Lipinski definition) is 6. The topological polar surface area (TPSA) is 110 Å². The van der Waals surface area contributed by atoms with Gasteiger partial charge in [-0.05, 0) is 43.2 Å². The Morgan fingerprint density at radius 3 is 2.79 bits per heavy atom. The van der Waals surface area contributed by atoms with Gasteiger partial charge < -0.3 is 9.73 Å².